The van der Waals surface area contributed by atoms with Gasteiger partial charge in [-0.2, -0.15) is 0 Å². The number of halogens is 2. The molecule has 0 atom stereocenters. The van der Waals surface area contributed by atoms with Crippen molar-refractivity contribution in [3.8, 4) is 0 Å². The van der Waals surface area contributed by atoms with Crippen LogP contribution in [0.4, 0.5) is 4.39 Å². The maximum absolute atomic E-state index is 13.1. The van der Waals surface area contributed by atoms with Crippen molar-refractivity contribution < 1.29 is 9.18 Å². The lowest BCUT2D eigenvalue weighted by molar-refractivity contribution is 0.0706. The number of rotatable bonds is 5. The molecule has 0 aliphatic rings. The van der Waals surface area contributed by atoms with Gasteiger partial charge in [0.25, 0.3) is 5.91 Å². The molecule has 1 rings (SSSR count). The van der Waals surface area contributed by atoms with Crippen LogP contribution in [0.2, 0.25) is 0 Å². The molecule has 0 radical (unpaired) electrons. The smallest absolute Gasteiger partial charge is 0.254 e. The van der Waals surface area contributed by atoms with Crippen LogP contribution in [0.3, 0.4) is 0 Å². The molecule has 94 valence electrons. The van der Waals surface area contributed by atoms with Gasteiger partial charge in [-0.25, -0.2) is 4.39 Å². The van der Waals surface area contributed by atoms with Gasteiger partial charge < -0.3 is 4.90 Å². The van der Waals surface area contributed by atoms with Crippen molar-refractivity contribution in [1.29, 1.82) is 0 Å². The predicted octanol–water partition coefficient (Wildman–Crippen LogP) is 3.46. The summed E-state index contributed by atoms with van der Waals surface area (Å²) in [5, 5.41) is 0.854. The average molecular weight is 302 g/mol. The van der Waals surface area contributed by atoms with Gasteiger partial charge in [0.05, 0.1) is 0 Å². The van der Waals surface area contributed by atoms with Crippen LogP contribution in [0.1, 0.15) is 30.6 Å². The topological polar surface area (TPSA) is 20.3 Å². The summed E-state index contributed by atoms with van der Waals surface area (Å²) in [4.78, 5) is 13.9. The maximum Gasteiger partial charge on any atom is 0.254 e. The average Bonchev–Trinajstić information content (AvgIpc) is 2.29. The largest absolute Gasteiger partial charge is 0.336 e. The van der Waals surface area contributed by atoms with Gasteiger partial charge in [0, 0.05) is 23.5 Å². The van der Waals surface area contributed by atoms with Gasteiger partial charge in [-0.1, -0.05) is 22.0 Å². The van der Waals surface area contributed by atoms with Crippen LogP contribution in [-0.2, 0) is 0 Å². The van der Waals surface area contributed by atoms with E-state index in [9.17, 15) is 9.18 Å². The van der Waals surface area contributed by atoms with E-state index in [1.165, 1.54) is 12.1 Å². The van der Waals surface area contributed by atoms with Crippen molar-refractivity contribution in [1.82, 2.24) is 4.90 Å². The van der Waals surface area contributed by atoms with Crippen molar-refractivity contribution in [2.24, 2.45) is 0 Å². The lowest BCUT2D eigenvalue weighted by Gasteiger charge is -2.26. The summed E-state index contributed by atoms with van der Waals surface area (Å²) >= 11 is 3.35. The molecule has 2 nitrogen and oxygen atoms in total. The van der Waals surface area contributed by atoms with E-state index >= 15 is 0 Å². The maximum atomic E-state index is 13.1. The fourth-order valence-electron chi connectivity index (χ4n) is 1.61. The summed E-state index contributed by atoms with van der Waals surface area (Å²) in [5.74, 6) is -0.486. The van der Waals surface area contributed by atoms with Crippen molar-refractivity contribution in [2.75, 3.05) is 11.9 Å². The molecule has 0 spiro atoms. The molecule has 0 heterocycles. The monoisotopic (exact) mass is 301 g/mol. The third-order valence-corrected chi connectivity index (χ3v) is 3.05. The first-order chi connectivity index (χ1) is 8.06. The molecule has 1 amide bonds. The summed E-state index contributed by atoms with van der Waals surface area (Å²) < 4.78 is 13.1. The molecule has 0 aromatic heterocycles. The Balaban J connectivity index is 2.84. The Hall–Kier alpha value is -0.900. The summed E-state index contributed by atoms with van der Waals surface area (Å²) in [7, 11) is 0. The molecule has 1 aromatic carbocycles. The molecule has 0 saturated heterocycles. The van der Waals surface area contributed by atoms with E-state index in [-0.39, 0.29) is 17.8 Å². The molecule has 0 fully saturated rings. The molecule has 0 bridgehead atoms. The van der Waals surface area contributed by atoms with Crippen molar-refractivity contribution in [3.63, 3.8) is 0 Å². The van der Waals surface area contributed by atoms with E-state index in [1.54, 1.807) is 17.0 Å². The predicted molar refractivity (Wildman–Crippen MR) is 71.0 cm³/mol. The Morgan fingerprint density at radius 2 is 2.18 bits per heavy atom. The Bertz CT molecular complexity index is 381. The van der Waals surface area contributed by atoms with Gasteiger partial charge in [-0.15, -0.1) is 0 Å². The molecule has 17 heavy (non-hydrogen) atoms. The highest BCUT2D eigenvalue weighted by Crippen LogP contribution is 2.11. The third kappa shape index (κ3) is 4.11. The van der Waals surface area contributed by atoms with Crippen LogP contribution >= 0.6 is 15.9 Å². The Kier molecular flexibility index (Phi) is 5.62. The quantitative estimate of drug-likeness (QED) is 0.763. The van der Waals surface area contributed by atoms with Gasteiger partial charge in [0.1, 0.15) is 5.82 Å². The fraction of sp³-hybridized carbons (Fsp3) is 0.462. The van der Waals surface area contributed by atoms with Crippen LogP contribution in [0.25, 0.3) is 0 Å². The molecular weight excluding hydrogens is 285 g/mol. The van der Waals surface area contributed by atoms with Crippen LogP contribution in [0, 0.1) is 5.82 Å². The van der Waals surface area contributed by atoms with Gasteiger partial charge in [0.15, 0.2) is 0 Å². The van der Waals surface area contributed by atoms with E-state index in [2.05, 4.69) is 15.9 Å². The van der Waals surface area contributed by atoms with Gasteiger partial charge in [-0.3, -0.25) is 4.79 Å². The van der Waals surface area contributed by atoms with E-state index in [0.717, 1.165) is 11.8 Å². The minimum absolute atomic E-state index is 0.111. The Morgan fingerprint density at radius 1 is 1.47 bits per heavy atom. The minimum Gasteiger partial charge on any atom is -0.336 e. The summed E-state index contributed by atoms with van der Waals surface area (Å²) in [6.45, 7) is 4.61. The summed E-state index contributed by atoms with van der Waals surface area (Å²) in [5.41, 5.74) is 0.410. The number of hydrogen-bond donors (Lipinski definition) is 0. The number of amides is 1. The molecular formula is C13H17BrFNO. The number of alkyl halides is 1. The lowest BCUT2D eigenvalue weighted by atomic mass is 10.1. The highest BCUT2D eigenvalue weighted by Gasteiger charge is 2.18. The zero-order valence-corrected chi connectivity index (χ0v) is 11.7. The fourth-order valence-corrected chi connectivity index (χ4v) is 1.86. The number of hydrogen-bond acceptors (Lipinski definition) is 1. The number of benzene rings is 1. The molecule has 0 N–H and O–H groups in total. The van der Waals surface area contributed by atoms with Crippen molar-refractivity contribution in [2.45, 2.75) is 26.3 Å². The first kappa shape index (κ1) is 14.2. The van der Waals surface area contributed by atoms with E-state index < -0.39 is 0 Å². The van der Waals surface area contributed by atoms with Gasteiger partial charge in [0.2, 0.25) is 0 Å². The molecule has 0 unspecified atom stereocenters. The Labute approximate surface area is 110 Å². The highest BCUT2D eigenvalue weighted by atomic mass is 79.9. The van der Waals surface area contributed by atoms with Crippen LogP contribution in [-0.4, -0.2) is 28.7 Å². The highest BCUT2D eigenvalue weighted by molar-refractivity contribution is 9.09. The summed E-state index contributed by atoms with van der Waals surface area (Å²) in [6.07, 6.45) is 0.888. The standard InChI is InChI=1S/C13H17BrFNO/c1-10(2)16(8-4-7-14)13(17)11-5-3-6-12(15)9-11/h3,5-6,9-10H,4,7-8H2,1-2H3. The Morgan fingerprint density at radius 3 is 2.71 bits per heavy atom. The van der Waals surface area contributed by atoms with Crippen LogP contribution < -0.4 is 0 Å². The van der Waals surface area contributed by atoms with Crippen LogP contribution in [0.5, 0.6) is 0 Å². The number of carbonyl (C=O) groups excluding carboxylic acids is 1. The first-order valence-electron chi connectivity index (χ1n) is 5.68. The normalized spacial score (nSPS) is 10.6. The molecule has 0 aliphatic heterocycles. The zero-order valence-electron chi connectivity index (χ0n) is 10.1. The zero-order chi connectivity index (χ0) is 12.8. The minimum atomic E-state index is -0.375. The van der Waals surface area contributed by atoms with Gasteiger partial charge >= 0.3 is 0 Å². The molecule has 0 aliphatic carbocycles. The second-order valence-corrected chi connectivity index (χ2v) is 4.94. The third-order valence-electron chi connectivity index (χ3n) is 2.49. The van der Waals surface area contributed by atoms with E-state index in [4.69, 9.17) is 0 Å². The SMILES string of the molecule is CC(C)N(CCCBr)C(=O)c1cccc(F)c1. The second kappa shape index (κ2) is 6.74. The molecule has 1 aromatic rings. The van der Waals surface area contributed by atoms with Crippen LogP contribution in [0.15, 0.2) is 24.3 Å². The van der Waals surface area contributed by atoms with Gasteiger partial charge in [-0.05, 0) is 38.5 Å². The van der Waals surface area contributed by atoms with E-state index in [0.29, 0.717) is 12.1 Å². The summed E-state index contributed by atoms with van der Waals surface area (Å²) in [6, 6.07) is 5.95. The van der Waals surface area contributed by atoms with Crippen molar-refractivity contribution >= 4 is 21.8 Å². The number of carbonyl (C=O) groups is 1. The lowest BCUT2D eigenvalue weighted by Crippen LogP contribution is -2.37. The van der Waals surface area contributed by atoms with Crippen molar-refractivity contribution in [3.05, 3.63) is 35.6 Å². The van der Waals surface area contributed by atoms with E-state index in [1.807, 2.05) is 13.8 Å². The second-order valence-electron chi connectivity index (χ2n) is 4.15. The number of nitrogens with zero attached hydrogens (tertiary/aromatic N) is 1. The molecule has 4 heteroatoms. The first-order valence-corrected chi connectivity index (χ1v) is 6.81. The molecule has 0 saturated carbocycles.